The van der Waals surface area contributed by atoms with Crippen molar-refractivity contribution < 1.29 is 9.63 Å². The Morgan fingerprint density at radius 2 is 1.58 bits per heavy atom. The Bertz CT molecular complexity index is 294. The molecule has 0 aromatic rings. The first-order chi connectivity index (χ1) is 8.97. The molecule has 2 aliphatic carbocycles. The summed E-state index contributed by atoms with van der Waals surface area (Å²) in [5, 5.41) is 0. The van der Waals surface area contributed by atoms with Gasteiger partial charge in [-0.3, -0.25) is 9.63 Å². The molecule has 2 saturated carbocycles. The van der Waals surface area contributed by atoms with E-state index in [9.17, 15) is 4.79 Å². The van der Waals surface area contributed by atoms with Crippen molar-refractivity contribution in [3.8, 4) is 0 Å². The zero-order valence-corrected chi connectivity index (χ0v) is 12.7. The third kappa shape index (κ3) is 4.20. The van der Waals surface area contributed by atoms with E-state index in [1.807, 2.05) is 0 Å². The first kappa shape index (κ1) is 14.8. The van der Waals surface area contributed by atoms with Crippen molar-refractivity contribution in [2.75, 3.05) is 0 Å². The van der Waals surface area contributed by atoms with Crippen LogP contribution in [0.2, 0.25) is 0 Å². The monoisotopic (exact) mass is 267 g/mol. The lowest BCUT2D eigenvalue weighted by atomic mass is 9.70. The van der Waals surface area contributed by atoms with Gasteiger partial charge in [-0.05, 0) is 49.9 Å². The summed E-state index contributed by atoms with van der Waals surface area (Å²) < 4.78 is 0. The Balaban J connectivity index is 1.70. The average Bonchev–Trinajstić information content (AvgIpc) is 2.88. The normalized spacial score (nSPS) is 29.4. The zero-order valence-electron chi connectivity index (χ0n) is 12.7. The van der Waals surface area contributed by atoms with Crippen molar-refractivity contribution in [3.63, 3.8) is 0 Å². The molecule has 2 rings (SSSR count). The third-order valence-corrected chi connectivity index (χ3v) is 4.95. The van der Waals surface area contributed by atoms with Crippen molar-refractivity contribution in [3.05, 3.63) is 0 Å². The molecular formula is C16H29NO2. The maximum atomic E-state index is 12.1. The highest BCUT2D eigenvalue weighted by atomic mass is 16.7. The van der Waals surface area contributed by atoms with Gasteiger partial charge in [0.25, 0.3) is 0 Å². The SMILES string of the molecule is CC(C)(C)C1CCC(C(=O)NOC2CCCC2)CC1. The van der Waals surface area contributed by atoms with Crippen LogP contribution in [0.5, 0.6) is 0 Å². The second-order valence-electron chi connectivity index (χ2n) is 7.41. The van der Waals surface area contributed by atoms with Crippen LogP contribution < -0.4 is 5.48 Å². The van der Waals surface area contributed by atoms with Gasteiger partial charge in [0.15, 0.2) is 0 Å². The molecular weight excluding hydrogens is 238 g/mol. The number of hydrogen-bond donors (Lipinski definition) is 1. The summed E-state index contributed by atoms with van der Waals surface area (Å²) in [7, 11) is 0. The molecule has 2 aliphatic rings. The fourth-order valence-electron chi connectivity index (χ4n) is 3.45. The minimum absolute atomic E-state index is 0.110. The van der Waals surface area contributed by atoms with Gasteiger partial charge in [0, 0.05) is 5.92 Å². The van der Waals surface area contributed by atoms with Crippen molar-refractivity contribution in [2.24, 2.45) is 17.3 Å². The fourth-order valence-corrected chi connectivity index (χ4v) is 3.45. The van der Waals surface area contributed by atoms with E-state index in [-0.39, 0.29) is 17.9 Å². The van der Waals surface area contributed by atoms with Crippen LogP contribution in [0.3, 0.4) is 0 Å². The van der Waals surface area contributed by atoms with Crippen molar-refractivity contribution >= 4 is 5.91 Å². The van der Waals surface area contributed by atoms with E-state index < -0.39 is 0 Å². The molecule has 1 N–H and O–H groups in total. The molecule has 0 saturated heterocycles. The second kappa shape index (κ2) is 6.25. The van der Waals surface area contributed by atoms with Crippen LogP contribution in [0.25, 0.3) is 0 Å². The van der Waals surface area contributed by atoms with E-state index in [1.165, 1.54) is 25.7 Å². The number of hydroxylamine groups is 1. The summed E-state index contributed by atoms with van der Waals surface area (Å²) in [6.07, 6.45) is 9.29. The standard InChI is InChI=1S/C16H29NO2/c1-16(2,3)13-10-8-12(9-11-13)15(18)17-19-14-6-4-5-7-14/h12-14H,4-11H2,1-3H3,(H,17,18). The molecule has 2 fully saturated rings. The summed E-state index contributed by atoms with van der Waals surface area (Å²) in [5.74, 6) is 1.03. The molecule has 0 heterocycles. The van der Waals surface area contributed by atoms with E-state index in [0.29, 0.717) is 5.41 Å². The number of nitrogens with one attached hydrogen (secondary N) is 1. The third-order valence-electron chi connectivity index (χ3n) is 4.95. The van der Waals surface area contributed by atoms with E-state index in [4.69, 9.17) is 4.84 Å². The maximum absolute atomic E-state index is 12.1. The predicted molar refractivity (Wildman–Crippen MR) is 76.4 cm³/mol. The van der Waals surface area contributed by atoms with Gasteiger partial charge in [0.2, 0.25) is 5.91 Å². The van der Waals surface area contributed by atoms with Crippen LogP contribution in [0.4, 0.5) is 0 Å². The van der Waals surface area contributed by atoms with Gasteiger partial charge in [0.05, 0.1) is 6.10 Å². The summed E-state index contributed by atoms with van der Waals surface area (Å²) in [4.78, 5) is 17.6. The van der Waals surface area contributed by atoms with E-state index in [0.717, 1.165) is 31.6 Å². The van der Waals surface area contributed by atoms with Crippen LogP contribution in [0.15, 0.2) is 0 Å². The van der Waals surface area contributed by atoms with Crippen LogP contribution in [0, 0.1) is 17.3 Å². The molecule has 3 nitrogen and oxygen atoms in total. The first-order valence-corrected chi connectivity index (χ1v) is 7.92. The Labute approximate surface area is 117 Å². The van der Waals surface area contributed by atoms with Crippen LogP contribution in [-0.4, -0.2) is 12.0 Å². The minimum atomic E-state index is 0.110. The number of rotatable bonds is 3. The number of carbonyl (C=O) groups is 1. The quantitative estimate of drug-likeness (QED) is 0.789. The van der Waals surface area contributed by atoms with Gasteiger partial charge in [0.1, 0.15) is 0 Å². The molecule has 0 radical (unpaired) electrons. The average molecular weight is 267 g/mol. The van der Waals surface area contributed by atoms with Gasteiger partial charge < -0.3 is 0 Å². The summed E-state index contributed by atoms with van der Waals surface area (Å²) in [5.41, 5.74) is 3.09. The van der Waals surface area contributed by atoms with Crippen LogP contribution in [-0.2, 0) is 9.63 Å². The van der Waals surface area contributed by atoms with E-state index in [2.05, 4.69) is 26.3 Å². The molecule has 0 aromatic heterocycles. The number of amides is 1. The lowest BCUT2D eigenvalue weighted by molar-refractivity contribution is -0.144. The van der Waals surface area contributed by atoms with Gasteiger partial charge in [-0.25, -0.2) is 5.48 Å². The van der Waals surface area contributed by atoms with E-state index >= 15 is 0 Å². The van der Waals surface area contributed by atoms with Crippen molar-refractivity contribution in [1.82, 2.24) is 5.48 Å². The lowest BCUT2D eigenvalue weighted by Crippen LogP contribution is -2.37. The topological polar surface area (TPSA) is 38.3 Å². The zero-order chi connectivity index (χ0) is 13.9. The largest absolute Gasteiger partial charge is 0.273 e. The van der Waals surface area contributed by atoms with Gasteiger partial charge >= 0.3 is 0 Å². The molecule has 0 aliphatic heterocycles. The predicted octanol–water partition coefficient (Wildman–Crippen LogP) is 3.83. The van der Waals surface area contributed by atoms with E-state index in [1.54, 1.807) is 0 Å². The lowest BCUT2D eigenvalue weighted by Gasteiger charge is -2.36. The highest BCUT2D eigenvalue weighted by molar-refractivity contribution is 5.77. The molecule has 0 spiro atoms. The van der Waals surface area contributed by atoms with Crippen LogP contribution in [0.1, 0.15) is 72.1 Å². The Morgan fingerprint density at radius 1 is 1.00 bits per heavy atom. The molecule has 110 valence electrons. The molecule has 0 aromatic carbocycles. The van der Waals surface area contributed by atoms with Gasteiger partial charge in [-0.15, -0.1) is 0 Å². The van der Waals surface area contributed by atoms with Crippen LogP contribution >= 0.6 is 0 Å². The Morgan fingerprint density at radius 3 is 2.11 bits per heavy atom. The molecule has 19 heavy (non-hydrogen) atoms. The molecule has 0 unspecified atom stereocenters. The highest BCUT2D eigenvalue weighted by Crippen LogP contribution is 2.39. The fraction of sp³-hybridized carbons (Fsp3) is 0.938. The minimum Gasteiger partial charge on any atom is -0.273 e. The Hall–Kier alpha value is -0.570. The van der Waals surface area contributed by atoms with Gasteiger partial charge in [-0.2, -0.15) is 0 Å². The smallest absolute Gasteiger partial charge is 0.246 e. The van der Waals surface area contributed by atoms with Crippen molar-refractivity contribution in [2.45, 2.75) is 78.2 Å². The van der Waals surface area contributed by atoms with Crippen molar-refractivity contribution in [1.29, 1.82) is 0 Å². The number of hydrogen-bond acceptors (Lipinski definition) is 2. The summed E-state index contributed by atoms with van der Waals surface area (Å²) in [6, 6.07) is 0. The molecule has 0 atom stereocenters. The summed E-state index contributed by atoms with van der Waals surface area (Å²) in [6.45, 7) is 6.92. The molecule has 0 bridgehead atoms. The van der Waals surface area contributed by atoms with Gasteiger partial charge in [-0.1, -0.05) is 33.6 Å². The molecule has 3 heteroatoms. The number of carbonyl (C=O) groups excluding carboxylic acids is 1. The first-order valence-electron chi connectivity index (χ1n) is 7.92. The maximum Gasteiger partial charge on any atom is 0.246 e. The molecule has 1 amide bonds. The second-order valence-corrected chi connectivity index (χ2v) is 7.41. The Kier molecular flexibility index (Phi) is 4.88. The highest BCUT2D eigenvalue weighted by Gasteiger charge is 2.32. The summed E-state index contributed by atoms with van der Waals surface area (Å²) >= 11 is 0.